The largest absolute Gasteiger partial charge is 0.493 e. The van der Waals surface area contributed by atoms with E-state index in [2.05, 4.69) is 5.32 Å². The van der Waals surface area contributed by atoms with Crippen molar-refractivity contribution < 1.29 is 19.4 Å². The minimum absolute atomic E-state index is 0.150. The number of hydrogen-bond acceptors (Lipinski definition) is 3. The van der Waals surface area contributed by atoms with E-state index >= 15 is 0 Å². The number of aryl methyl sites for hydroxylation is 2. The van der Waals surface area contributed by atoms with Crippen molar-refractivity contribution in [2.24, 2.45) is 5.92 Å². The molecule has 0 saturated heterocycles. The van der Waals surface area contributed by atoms with Crippen molar-refractivity contribution in [1.82, 2.24) is 5.32 Å². The van der Waals surface area contributed by atoms with E-state index in [-0.39, 0.29) is 18.4 Å². The van der Waals surface area contributed by atoms with Crippen LogP contribution in [0.15, 0.2) is 18.2 Å². The minimum atomic E-state index is -0.825. The molecule has 1 aromatic rings. The Labute approximate surface area is 130 Å². The first-order valence-corrected chi connectivity index (χ1v) is 7.69. The third kappa shape index (κ3) is 4.23. The van der Waals surface area contributed by atoms with Gasteiger partial charge in [-0.05, 0) is 43.9 Å². The fraction of sp³-hybridized carbons (Fsp3) is 0.529. The summed E-state index contributed by atoms with van der Waals surface area (Å²) in [7, 11) is 0. The van der Waals surface area contributed by atoms with Crippen LogP contribution in [0.1, 0.15) is 36.8 Å². The van der Waals surface area contributed by atoms with Crippen molar-refractivity contribution in [3.05, 3.63) is 29.3 Å². The van der Waals surface area contributed by atoms with Crippen molar-refractivity contribution in [3.63, 3.8) is 0 Å². The quantitative estimate of drug-likeness (QED) is 0.846. The predicted octanol–water partition coefficient (Wildman–Crippen LogP) is 2.44. The van der Waals surface area contributed by atoms with Gasteiger partial charge in [0, 0.05) is 6.04 Å². The molecule has 2 rings (SSSR count). The lowest BCUT2D eigenvalue weighted by atomic mass is 10.0. The Kier molecular flexibility index (Phi) is 5.41. The van der Waals surface area contributed by atoms with E-state index in [1.807, 2.05) is 32.0 Å². The molecule has 5 heteroatoms. The maximum Gasteiger partial charge on any atom is 0.308 e. The third-order valence-corrected chi connectivity index (χ3v) is 4.11. The molecule has 1 saturated carbocycles. The number of benzene rings is 1. The van der Waals surface area contributed by atoms with Gasteiger partial charge in [0.05, 0.1) is 18.9 Å². The molecule has 1 aromatic carbocycles. The molecule has 0 unspecified atom stereocenters. The number of amides is 1. The summed E-state index contributed by atoms with van der Waals surface area (Å²) in [5.74, 6) is -0.640. The first kappa shape index (κ1) is 16.3. The van der Waals surface area contributed by atoms with Crippen LogP contribution in [0.5, 0.6) is 5.75 Å². The average molecular weight is 305 g/mol. The van der Waals surface area contributed by atoms with Crippen molar-refractivity contribution in [3.8, 4) is 5.75 Å². The summed E-state index contributed by atoms with van der Waals surface area (Å²) in [6, 6.07) is 5.71. The van der Waals surface area contributed by atoms with E-state index in [4.69, 9.17) is 9.84 Å². The van der Waals surface area contributed by atoms with Crippen LogP contribution in [0.2, 0.25) is 0 Å². The maximum atomic E-state index is 11.9. The van der Waals surface area contributed by atoms with E-state index in [9.17, 15) is 9.59 Å². The molecule has 0 heterocycles. The van der Waals surface area contributed by atoms with Gasteiger partial charge in [-0.25, -0.2) is 0 Å². The summed E-state index contributed by atoms with van der Waals surface area (Å²) >= 11 is 0. The fourth-order valence-corrected chi connectivity index (χ4v) is 2.82. The molecular formula is C17H23NO4. The Balaban J connectivity index is 1.78. The summed E-state index contributed by atoms with van der Waals surface area (Å²) in [5.41, 5.74) is 2.15. The van der Waals surface area contributed by atoms with Gasteiger partial charge in [0.1, 0.15) is 5.75 Å². The summed E-state index contributed by atoms with van der Waals surface area (Å²) in [6.45, 7) is 4.25. The summed E-state index contributed by atoms with van der Waals surface area (Å²) < 4.78 is 5.65. The highest BCUT2D eigenvalue weighted by Gasteiger charge is 2.33. The van der Waals surface area contributed by atoms with Crippen LogP contribution < -0.4 is 10.1 Å². The second kappa shape index (κ2) is 7.29. The van der Waals surface area contributed by atoms with E-state index in [0.29, 0.717) is 13.0 Å². The highest BCUT2D eigenvalue weighted by molar-refractivity contribution is 5.78. The third-order valence-electron chi connectivity index (χ3n) is 4.11. The summed E-state index contributed by atoms with van der Waals surface area (Å²) in [4.78, 5) is 23.0. The smallest absolute Gasteiger partial charge is 0.308 e. The molecular weight excluding hydrogens is 282 g/mol. The number of carbonyl (C=O) groups excluding carboxylic acids is 1. The standard InChI is InChI=1S/C17H23NO4/c1-11-6-7-12(2)15(10-11)22-9-8-16(19)18-14-5-3-4-13(14)17(20)21/h6-7,10,13-14H,3-5,8-9H2,1-2H3,(H,18,19)(H,20,21)/t13-,14+/m0/s1. The molecule has 0 bridgehead atoms. The van der Waals surface area contributed by atoms with Crippen LogP contribution in [-0.2, 0) is 9.59 Å². The van der Waals surface area contributed by atoms with Crippen LogP contribution in [0.4, 0.5) is 0 Å². The van der Waals surface area contributed by atoms with Gasteiger partial charge in [-0.1, -0.05) is 18.6 Å². The van der Waals surface area contributed by atoms with E-state index in [0.717, 1.165) is 29.7 Å². The average Bonchev–Trinajstić information content (AvgIpc) is 2.91. The Hall–Kier alpha value is -2.04. The molecule has 1 aliphatic rings. The van der Waals surface area contributed by atoms with Crippen LogP contribution in [-0.4, -0.2) is 29.6 Å². The first-order chi connectivity index (χ1) is 10.5. The maximum absolute atomic E-state index is 11.9. The molecule has 1 aliphatic carbocycles. The Morgan fingerprint density at radius 3 is 2.82 bits per heavy atom. The molecule has 5 nitrogen and oxygen atoms in total. The van der Waals surface area contributed by atoms with Crippen LogP contribution in [0.3, 0.4) is 0 Å². The van der Waals surface area contributed by atoms with Crippen molar-refractivity contribution in [2.75, 3.05) is 6.61 Å². The summed E-state index contributed by atoms with van der Waals surface area (Å²) in [5, 5.41) is 11.9. The van der Waals surface area contributed by atoms with Gasteiger partial charge in [-0.15, -0.1) is 0 Å². The van der Waals surface area contributed by atoms with Crippen molar-refractivity contribution in [1.29, 1.82) is 0 Å². The first-order valence-electron chi connectivity index (χ1n) is 7.69. The molecule has 0 aromatic heterocycles. The molecule has 2 N–H and O–H groups in total. The van der Waals surface area contributed by atoms with Crippen molar-refractivity contribution >= 4 is 11.9 Å². The van der Waals surface area contributed by atoms with Gasteiger partial charge in [0.2, 0.25) is 5.91 Å². The Morgan fingerprint density at radius 2 is 2.09 bits per heavy atom. The molecule has 120 valence electrons. The molecule has 1 fully saturated rings. The number of nitrogens with one attached hydrogen (secondary N) is 1. The molecule has 2 atom stereocenters. The van der Waals surface area contributed by atoms with E-state index in [1.165, 1.54) is 0 Å². The van der Waals surface area contributed by atoms with Gasteiger partial charge in [0.25, 0.3) is 0 Å². The van der Waals surface area contributed by atoms with Crippen LogP contribution in [0.25, 0.3) is 0 Å². The minimum Gasteiger partial charge on any atom is -0.493 e. The number of ether oxygens (including phenoxy) is 1. The number of hydrogen-bond donors (Lipinski definition) is 2. The number of carbonyl (C=O) groups is 2. The number of rotatable bonds is 6. The predicted molar refractivity (Wildman–Crippen MR) is 82.9 cm³/mol. The lowest BCUT2D eigenvalue weighted by molar-refractivity contribution is -0.142. The Bertz CT molecular complexity index is 556. The zero-order valence-electron chi connectivity index (χ0n) is 13.1. The van der Waals surface area contributed by atoms with Gasteiger partial charge in [0.15, 0.2) is 0 Å². The highest BCUT2D eigenvalue weighted by atomic mass is 16.5. The molecule has 22 heavy (non-hydrogen) atoms. The molecule has 1 amide bonds. The van der Waals surface area contributed by atoms with Gasteiger partial charge in [-0.3, -0.25) is 9.59 Å². The molecule has 0 spiro atoms. The van der Waals surface area contributed by atoms with Gasteiger partial charge in [-0.2, -0.15) is 0 Å². The van der Waals surface area contributed by atoms with Gasteiger partial charge < -0.3 is 15.2 Å². The topological polar surface area (TPSA) is 75.6 Å². The number of aliphatic carboxylic acids is 1. The number of carboxylic acids is 1. The second-order valence-electron chi connectivity index (χ2n) is 5.92. The molecule has 0 radical (unpaired) electrons. The fourth-order valence-electron chi connectivity index (χ4n) is 2.82. The van der Waals surface area contributed by atoms with Crippen LogP contribution >= 0.6 is 0 Å². The van der Waals surface area contributed by atoms with Crippen molar-refractivity contribution in [2.45, 2.75) is 45.6 Å². The van der Waals surface area contributed by atoms with E-state index in [1.54, 1.807) is 0 Å². The number of carboxylic acid groups (broad SMARTS) is 1. The Morgan fingerprint density at radius 1 is 1.32 bits per heavy atom. The zero-order valence-corrected chi connectivity index (χ0v) is 13.1. The lowest BCUT2D eigenvalue weighted by Gasteiger charge is -2.17. The van der Waals surface area contributed by atoms with Gasteiger partial charge >= 0.3 is 5.97 Å². The molecule has 0 aliphatic heterocycles. The van der Waals surface area contributed by atoms with Crippen LogP contribution in [0, 0.1) is 19.8 Å². The zero-order chi connectivity index (χ0) is 16.1. The lowest BCUT2D eigenvalue weighted by Crippen LogP contribution is -2.40. The second-order valence-corrected chi connectivity index (χ2v) is 5.92. The SMILES string of the molecule is Cc1ccc(C)c(OCCC(=O)N[C@@H]2CCC[C@@H]2C(=O)O)c1. The summed E-state index contributed by atoms with van der Waals surface area (Å²) in [6.07, 6.45) is 2.46. The van der Waals surface area contributed by atoms with E-state index < -0.39 is 11.9 Å². The highest BCUT2D eigenvalue weighted by Crippen LogP contribution is 2.26. The normalized spacial score (nSPS) is 20.6. The monoisotopic (exact) mass is 305 g/mol.